The maximum absolute atomic E-state index is 12.5. The van der Waals surface area contributed by atoms with E-state index in [2.05, 4.69) is 5.32 Å². The van der Waals surface area contributed by atoms with Crippen LogP contribution in [0.4, 0.5) is 0 Å². The first-order valence-corrected chi connectivity index (χ1v) is 7.70. The van der Waals surface area contributed by atoms with E-state index in [1.165, 1.54) is 4.31 Å². The summed E-state index contributed by atoms with van der Waals surface area (Å²) in [4.78, 5) is 0.362. The minimum atomic E-state index is -3.40. The fourth-order valence-corrected chi connectivity index (χ4v) is 3.61. The summed E-state index contributed by atoms with van der Waals surface area (Å²) in [6, 6.07) is 13.1. The Morgan fingerprint density at radius 2 is 1.79 bits per heavy atom. The molecule has 0 unspecified atom stereocenters. The van der Waals surface area contributed by atoms with Crippen molar-refractivity contribution in [1.29, 1.82) is 0 Å². The van der Waals surface area contributed by atoms with Crippen LogP contribution < -0.4 is 5.32 Å². The Bertz CT molecular complexity index is 708. The second-order valence-corrected chi connectivity index (χ2v) is 6.84. The van der Waals surface area contributed by atoms with Gasteiger partial charge < -0.3 is 5.32 Å². The first-order valence-electron chi connectivity index (χ1n) is 6.26. The van der Waals surface area contributed by atoms with E-state index in [0.29, 0.717) is 4.90 Å². The lowest BCUT2D eigenvalue weighted by Gasteiger charge is -2.34. The molecule has 1 heterocycles. The van der Waals surface area contributed by atoms with E-state index in [0.717, 1.165) is 23.9 Å². The van der Waals surface area contributed by atoms with Gasteiger partial charge in [-0.2, -0.15) is 4.31 Å². The summed E-state index contributed by atoms with van der Waals surface area (Å²) in [7, 11) is -1.75. The van der Waals surface area contributed by atoms with Crippen molar-refractivity contribution in [3.63, 3.8) is 0 Å². The van der Waals surface area contributed by atoms with E-state index in [1.54, 1.807) is 19.2 Å². The van der Waals surface area contributed by atoms with Gasteiger partial charge in [0.2, 0.25) is 10.0 Å². The molecule has 0 atom stereocenters. The number of hydrogen-bond acceptors (Lipinski definition) is 3. The Morgan fingerprint density at radius 3 is 2.42 bits per heavy atom. The molecule has 5 heteroatoms. The van der Waals surface area contributed by atoms with Gasteiger partial charge in [0.1, 0.15) is 0 Å². The summed E-state index contributed by atoms with van der Waals surface area (Å²) in [6.07, 6.45) is 0. The highest BCUT2D eigenvalue weighted by atomic mass is 32.2. The molecule has 1 saturated heterocycles. The van der Waals surface area contributed by atoms with Crippen molar-refractivity contribution >= 4 is 20.8 Å². The molecule has 4 nitrogen and oxygen atoms in total. The van der Waals surface area contributed by atoms with E-state index in [1.807, 2.05) is 30.3 Å². The van der Waals surface area contributed by atoms with Crippen LogP contribution in [0.5, 0.6) is 0 Å². The van der Waals surface area contributed by atoms with Crippen LogP contribution in [0.25, 0.3) is 10.8 Å². The molecule has 2 aromatic rings. The Morgan fingerprint density at radius 1 is 1.11 bits per heavy atom. The van der Waals surface area contributed by atoms with Crippen LogP contribution in [0.3, 0.4) is 0 Å². The van der Waals surface area contributed by atoms with Crippen LogP contribution in [0.1, 0.15) is 0 Å². The van der Waals surface area contributed by atoms with Gasteiger partial charge in [0, 0.05) is 26.2 Å². The van der Waals surface area contributed by atoms with Crippen molar-refractivity contribution in [3.8, 4) is 0 Å². The lowest BCUT2D eigenvalue weighted by molar-refractivity contribution is 0.274. The highest BCUT2D eigenvalue weighted by Crippen LogP contribution is 2.22. The Balaban J connectivity index is 2.02. The van der Waals surface area contributed by atoms with E-state index >= 15 is 0 Å². The summed E-state index contributed by atoms with van der Waals surface area (Å²) in [5.41, 5.74) is 0. The van der Waals surface area contributed by atoms with Crippen LogP contribution in [-0.4, -0.2) is 38.9 Å². The fraction of sp³-hybridized carbons (Fsp3) is 0.286. The van der Waals surface area contributed by atoms with Crippen LogP contribution in [-0.2, 0) is 10.0 Å². The van der Waals surface area contributed by atoms with Crippen molar-refractivity contribution in [2.45, 2.75) is 10.9 Å². The van der Waals surface area contributed by atoms with Gasteiger partial charge >= 0.3 is 0 Å². The van der Waals surface area contributed by atoms with E-state index in [4.69, 9.17) is 0 Å². The molecule has 1 N–H and O–H groups in total. The first kappa shape index (κ1) is 12.6. The zero-order valence-electron chi connectivity index (χ0n) is 10.7. The van der Waals surface area contributed by atoms with Gasteiger partial charge in [-0.3, -0.25) is 0 Å². The summed E-state index contributed by atoms with van der Waals surface area (Å²) >= 11 is 0. The molecule has 0 aromatic heterocycles. The largest absolute Gasteiger partial charge is 0.313 e. The zero-order valence-corrected chi connectivity index (χ0v) is 11.5. The number of fused-ring (bicyclic) bond motifs is 1. The Labute approximate surface area is 113 Å². The van der Waals surface area contributed by atoms with Gasteiger partial charge in [-0.25, -0.2) is 8.42 Å². The third kappa shape index (κ3) is 2.14. The van der Waals surface area contributed by atoms with Crippen LogP contribution >= 0.6 is 0 Å². The van der Waals surface area contributed by atoms with Crippen molar-refractivity contribution in [1.82, 2.24) is 9.62 Å². The van der Waals surface area contributed by atoms with Crippen LogP contribution in [0.2, 0.25) is 0 Å². The van der Waals surface area contributed by atoms with Crippen LogP contribution in [0, 0.1) is 0 Å². The second-order valence-electron chi connectivity index (χ2n) is 4.84. The van der Waals surface area contributed by atoms with Crippen LogP contribution in [0.15, 0.2) is 47.4 Å². The predicted molar refractivity (Wildman–Crippen MR) is 75.6 cm³/mol. The number of hydrogen-bond donors (Lipinski definition) is 1. The van der Waals surface area contributed by atoms with Crippen molar-refractivity contribution in [3.05, 3.63) is 42.5 Å². The summed E-state index contributed by atoms with van der Waals surface area (Å²) in [6.45, 7) is 1.45. The fourth-order valence-electron chi connectivity index (χ4n) is 2.22. The lowest BCUT2D eigenvalue weighted by atomic mass is 10.1. The Hall–Kier alpha value is -1.43. The van der Waals surface area contributed by atoms with Gasteiger partial charge in [0.25, 0.3) is 0 Å². The maximum Gasteiger partial charge on any atom is 0.243 e. The smallest absolute Gasteiger partial charge is 0.243 e. The first-order chi connectivity index (χ1) is 9.09. The van der Waals surface area contributed by atoms with E-state index in [9.17, 15) is 8.42 Å². The third-order valence-corrected chi connectivity index (χ3v) is 5.58. The molecule has 0 radical (unpaired) electrons. The molecule has 3 rings (SSSR count). The van der Waals surface area contributed by atoms with Gasteiger partial charge in [0.05, 0.1) is 4.90 Å². The zero-order chi connectivity index (χ0) is 13.5. The quantitative estimate of drug-likeness (QED) is 0.922. The maximum atomic E-state index is 12.5. The molecule has 19 heavy (non-hydrogen) atoms. The highest BCUT2D eigenvalue weighted by Gasteiger charge is 2.31. The molecular weight excluding hydrogens is 260 g/mol. The number of nitrogens with zero attached hydrogens (tertiary/aromatic N) is 1. The van der Waals surface area contributed by atoms with Gasteiger partial charge in [0.15, 0.2) is 0 Å². The molecule has 0 amide bonds. The number of nitrogens with one attached hydrogen (secondary N) is 1. The van der Waals surface area contributed by atoms with Crippen molar-refractivity contribution in [2.75, 3.05) is 20.1 Å². The molecule has 100 valence electrons. The van der Waals surface area contributed by atoms with Gasteiger partial charge in [-0.05, 0) is 22.9 Å². The molecule has 0 aliphatic carbocycles. The highest BCUT2D eigenvalue weighted by molar-refractivity contribution is 7.89. The van der Waals surface area contributed by atoms with E-state index in [-0.39, 0.29) is 6.04 Å². The molecule has 1 aliphatic heterocycles. The molecular formula is C14H16N2O2S. The van der Waals surface area contributed by atoms with E-state index < -0.39 is 10.0 Å². The average molecular weight is 276 g/mol. The SMILES string of the molecule is CN(C1CNC1)S(=O)(=O)c1ccc2ccccc2c1. The standard InChI is InChI=1S/C14H16N2O2S/c1-16(13-9-15-10-13)19(17,18)14-7-6-11-4-2-3-5-12(11)8-14/h2-8,13,15H,9-10H2,1H3. The number of rotatable bonds is 3. The average Bonchev–Trinajstić information content (AvgIpc) is 2.36. The van der Waals surface area contributed by atoms with Gasteiger partial charge in [-0.15, -0.1) is 0 Å². The molecule has 1 aliphatic rings. The third-order valence-electron chi connectivity index (χ3n) is 3.67. The summed E-state index contributed by atoms with van der Waals surface area (Å²) < 4.78 is 26.5. The Kier molecular flexibility index (Phi) is 3.05. The minimum absolute atomic E-state index is 0.0662. The van der Waals surface area contributed by atoms with Crippen molar-refractivity contribution in [2.24, 2.45) is 0 Å². The molecule has 1 fully saturated rings. The summed E-state index contributed by atoms with van der Waals surface area (Å²) in [5.74, 6) is 0. The number of likely N-dealkylation sites (N-methyl/N-ethyl adjacent to an activating group) is 1. The molecule has 0 bridgehead atoms. The summed E-state index contributed by atoms with van der Waals surface area (Å²) in [5, 5.41) is 5.09. The monoisotopic (exact) mass is 276 g/mol. The molecule has 0 saturated carbocycles. The predicted octanol–water partition coefficient (Wildman–Crippen LogP) is 1.43. The molecule has 2 aromatic carbocycles. The topological polar surface area (TPSA) is 49.4 Å². The second kappa shape index (κ2) is 4.59. The lowest BCUT2D eigenvalue weighted by Crippen LogP contribution is -2.57. The van der Waals surface area contributed by atoms with Gasteiger partial charge in [-0.1, -0.05) is 30.3 Å². The normalized spacial score (nSPS) is 16.7. The van der Waals surface area contributed by atoms with Crippen molar-refractivity contribution < 1.29 is 8.42 Å². The molecule has 0 spiro atoms. The number of benzene rings is 2. The number of sulfonamides is 1. The minimum Gasteiger partial charge on any atom is -0.313 e.